The molecule has 3 rings (SSSR count). The SMILES string of the molecule is COc1cc(N)cc(CSc2n[nH]c(=O)n2C2CC2)c1. The molecule has 0 atom stereocenters. The van der Waals surface area contributed by atoms with E-state index in [9.17, 15) is 4.79 Å². The van der Waals surface area contributed by atoms with Gasteiger partial charge in [-0.3, -0.25) is 4.57 Å². The van der Waals surface area contributed by atoms with E-state index in [1.165, 1.54) is 11.8 Å². The van der Waals surface area contributed by atoms with Crippen LogP contribution >= 0.6 is 11.8 Å². The molecule has 1 aromatic heterocycles. The molecule has 0 bridgehead atoms. The maximum absolute atomic E-state index is 11.7. The predicted molar refractivity (Wildman–Crippen MR) is 78.1 cm³/mol. The van der Waals surface area contributed by atoms with Gasteiger partial charge in [0, 0.05) is 23.5 Å². The summed E-state index contributed by atoms with van der Waals surface area (Å²) in [5, 5.41) is 7.33. The number of methoxy groups -OCH3 is 1. The Morgan fingerprint density at radius 3 is 3.00 bits per heavy atom. The number of H-pyrrole nitrogens is 1. The van der Waals surface area contributed by atoms with Gasteiger partial charge in [0.1, 0.15) is 5.75 Å². The Balaban J connectivity index is 1.76. The van der Waals surface area contributed by atoms with Crippen molar-refractivity contribution in [3.8, 4) is 5.75 Å². The lowest BCUT2D eigenvalue weighted by Gasteiger charge is -2.07. The van der Waals surface area contributed by atoms with Crippen molar-refractivity contribution in [3.63, 3.8) is 0 Å². The summed E-state index contributed by atoms with van der Waals surface area (Å²) >= 11 is 1.53. The van der Waals surface area contributed by atoms with Gasteiger partial charge in [-0.2, -0.15) is 0 Å². The summed E-state index contributed by atoms with van der Waals surface area (Å²) in [4.78, 5) is 11.7. The molecule has 0 saturated heterocycles. The standard InChI is InChI=1S/C13H16N4O2S/c1-19-11-5-8(4-9(14)6-11)7-20-13-16-15-12(18)17(13)10-2-3-10/h4-6,10H,2-3,7,14H2,1H3,(H,15,18). The third kappa shape index (κ3) is 2.67. The largest absolute Gasteiger partial charge is 0.497 e. The Labute approximate surface area is 120 Å². The minimum Gasteiger partial charge on any atom is -0.497 e. The molecule has 0 amide bonds. The molecule has 0 unspecified atom stereocenters. The van der Waals surface area contributed by atoms with E-state index >= 15 is 0 Å². The summed E-state index contributed by atoms with van der Waals surface area (Å²) < 4.78 is 6.94. The molecule has 1 saturated carbocycles. The van der Waals surface area contributed by atoms with Crippen molar-refractivity contribution in [1.82, 2.24) is 14.8 Å². The molecule has 0 radical (unpaired) electrons. The van der Waals surface area contributed by atoms with Gasteiger partial charge >= 0.3 is 5.69 Å². The number of nitrogen functional groups attached to an aromatic ring is 1. The summed E-state index contributed by atoms with van der Waals surface area (Å²) in [5.74, 6) is 1.43. The van der Waals surface area contributed by atoms with Gasteiger partial charge in [-0.25, -0.2) is 9.89 Å². The fraction of sp³-hybridized carbons (Fsp3) is 0.385. The van der Waals surface area contributed by atoms with Crippen LogP contribution in [0.3, 0.4) is 0 Å². The van der Waals surface area contributed by atoms with E-state index in [1.807, 2.05) is 12.1 Å². The van der Waals surface area contributed by atoms with Gasteiger partial charge < -0.3 is 10.5 Å². The molecule has 0 spiro atoms. The van der Waals surface area contributed by atoms with E-state index in [0.29, 0.717) is 17.5 Å². The zero-order chi connectivity index (χ0) is 14.1. The van der Waals surface area contributed by atoms with Gasteiger partial charge in [-0.1, -0.05) is 11.8 Å². The minimum absolute atomic E-state index is 0.125. The number of ether oxygens (including phenoxy) is 1. The molecule has 1 aliphatic rings. The molecule has 1 aromatic carbocycles. The zero-order valence-corrected chi connectivity index (χ0v) is 11.9. The van der Waals surface area contributed by atoms with Crippen LogP contribution in [0.25, 0.3) is 0 Å². The fourth-order valence-corrected chi connectivity index (χ4v) is 3.03. The Kier molecular flexibility index (Phi) is 3.43. The number of nitrogens with zero attached hydrogens (tertiary/aromatic N) is 2. The van der Waals surface area contributed by atoms with E-state index in [1.54, 1.807) is 17.7 Å². The number of anilines is 1. The minimum atomic E-state index is -0.125. The molecule has 6 nitrogen and oxygen atoms in total. The van der Waals surface area contributed by atoms with Gasteiger partial charge in [0.15, 0.2) is 5.16 Å². The molecular weight excluding hydrogens is 276 g/mol. The van der Waals surface area contributed by atoms with Gasteiger partial charge in [0.2, 0.25) is 0 Å². The zero-order valence-electron chi connectivity index (χ0n) is 11.1. The maximum atomic E-state index is 11.7. The Morgan fingerprint density at radius 2 is 2.30 bits per heavy atom. The van der Waals surface area contributed by atoms with Crippen molar-refractivity contribution < 1.29 is 4.74 Å². The highest BCUT2D eigenvalue weighted by Gasteiger charge is 2.28. The van der Waals surface area contributed by atoms with Crippen molar-refractivity contribution in [2.75, 3.05) is 12.8 Å². The second-order valence-corrected chi connectivity index (χ2v) is 5.76. The molecule has 1 fully saturated rings. The predicted octanol–water partition coefficient (Wildman–Crippen LogP) is 1.79. The second-order valence-electron chi connectivity index (χ2n) is 4.82. The van der Waals surface area contributed by atoms with Crippen LogP contribution < -0.4 is 16.2 Å². The normalized spacial score (nSPS) is 14.4. The fourth-order valence-electron chi connectivity index (χ4n) is 2.08. The van der Waals surface area contributed by atoms with Crippen LogP contribution in [0.2, 0.25) is 0 Å². The number of aromatic nitrogens is 3. The lowest BCUT2D eigenvalue weighted by Crippen LogP contribution is -2.16. The molecule has 3 N–H and O–H groups in total. The van der Waals surface area contributed by atoms with Gasteiger partial charge in [0.05, 0.1) is 7.11 Å². The summed E-state index contributed by atoms with van der Waals surface area (Å²) in [7, 11) is 1.62. The number of rotatable bonds is 5. The molecule has 7 heteroatoms. The van der Waals surface area contributed by atoms with Crippen molar-refractivity contribution in [2.45, 2.75) is 29.8 Å². The van der Waals surface area contributed by atoms with Crippen LogP contribution in [0.15, 0.2) is 28.2 Å². The van der Waals surface area contributed by atoms with Crippen LogP contribution in [0.5, 0.6) is 5.75 Å². The number of hydrogen-bond acceptors (Lipinski definition) is 5. The number of nitrogens with two attached hydrogens (primary N) is 1. The van der Waals surface area contributed by atoms with E-state index in [4.69, 9.17) is 10.5 Å². The van der Waals surface area contributed by atoms with Crippen LogP contribution in [0.1, 0.15) is 24.4 Å². The van der Waals surface area contributed by atoms with Crippen molar-refractivity contribution in [1.29, 1.82) is 0 Å². The monoisotopic (exact) mass is 292 g/mol. The molecule has 20 heavy (non-hydrogen) atoms. The number of aromatic amines is 1. The molecular formula is C13H16N4O2S. The highest BCUT2D eigenvalue weighted by atomic mass is 32.2. The highest BCUT2D eigenvalue weighted by molar-refractivity contribution is 7.98. The average molecular weight is 292 g/mol. The lowest BCUT2D eigenvalue weighted by molar-refractivity contribution is 0.414. The molecule has 106 valence electrons. The first-order valence-electron chi connectivity index (χ1n) is 6.40. The second kappa shape index (κ2) is 5.24. The van der Waals surface area contributed by atoms with E-state index < -0.39 is 0 Å². The number of hydrogen-bond donors (Lipinski definition) is 2. The first-order chi connectivity index (χ1) is 9.67. The van der Waals surface area contributed by atoms with Gasteiger partial charge in [-0.05, 0) is 30.5 Å². The molecule has 2 aromatic rings. The van der Waals surface area contributed by atoms with E-state index in [0.717, 1.165) is 29.3 Å². The molecule has 1 heterocycles. The summed E-state index contributed by atoms with van der Waals surface area (Å²) in [6.07, 6.45) is 2.11. The quantitative estimate of drug-likeness (QED) is 0.648. The first-order valence-corrected chi connectivity index (χ1v) is 7.39. The third-order valence-electron chi connectivity index (χ3n) is 3.18. The summed E-state index contributed by atoms with van der Waals surface area (Å²) in [5.41, 5.74) is 7.42. The Hall–Kier alpha value is -1.89. The highest BCUT2D eigenvalue weighted by Crippen LogP contribution is 2.36. The van der Waals surface area contributed by atoms with Crippen molar-refractivity contribution in [3.05, 3.63) is 34.2 Å². The van der Waals surface area contributed by atoms with Crippen LogP contribution in [0, 0.1) is 0 Å². The molecule has 1 aliphatic carbocycles. The summed E-state index contributed by atoms with van der Waals surface area (Å²) in [6, 6.07) is 5.94. The number of thioether (sulfide) groups is 1. The number of nitrogens with one attached hydrogen (secondary N) is 1. The van der Waals surface area contributed by atoms with Gasteiger partial charge in [-0.15, -0.1) is 5.10 Å². The lowest BCUT2D eigenvalue weighted by atomic mass is 10.2. The maximum Gasteiger partial charge on any atom is 0.344 e. The van der Waals surface area contributed by atoms with Crippen LogP contribution in [0.4, 0.5) is 5.69 Å². The Bertz CT molecular complexity index is 675. The van der Waals surface area contributed by atoms with E-state index in [2.05, 4.69) is 10.2 Å². The first kappa shape index (κ1) is 13.1. The van der Waals surface area contributed by atoms with Crippen molar-refractivity contribution >= 4 is 17.4 Å². The van der Waals surface area contributed by atoms with E-state index in [-0.39, 0.29) is 5.69 Å². The topological polar surface area (TPSA) is 85.9 Å². The van der Waals surface area contributed by atoms with Gasteiger partial charge in [0.25, 0.3) is 0 Å². The van der Waals surface area contributed by atoms with Crippen molar-refractivity contribution in [2.24, 2.45) is 0 Å². The average Bonchev–Trinajstić information content (AvgIpc) is 3.19. The van der Waals surface area contributed by atoms with Crippen LogP contribution in [-0.2, 0) is 5.75 Å². The molecule has 0 aliphatic heterocycles. The van der Waals surface area contributed by atoms with Crippen LogP contribution in [-0.4, -0.2) is 21.9 Å². The summed E-state index contributed by atoms with van der Waals surface area (Å²) in [6.45, 7) is 0. The Morgan fingerprint density at radius 1 is 1.50 bits per heavy atom. The number of benzene rings is 1. The third-order valence-corrected chi connectivity index (χ3v) is 4.20. The smallest absolute Gasteiger partial charge is 0.344 e.